The lowest BCUT2D eigenvalue weighted by molar-refractivity contribution is 0.0527. The zero-order valence-electron chi connectivity index (χ0n) is 11.2. The predicted octanol–water partition coefficient (Wildman–Crippen LogP) is 3.84. The summed E-state index contributed by atoms with van der Waals surface area (Å²) in [5.41, 5.74) is 7.17. The van der Waals surface area contributed by atoms with Gasteiger partial charge in [-0.15, -0.1) is 0 Å². The Balaban J connectivity index is 2.37. The predicted molar refractivity (Wildman–Crippen MR) is 92.1 cm³/mol. The van der Waals surface area contributed by atoms with Gasteiger partial charge in [0.1, 0.15) is 11.4 Å². The molecule has 0 aliphatic carbocycles. The van der Waals surface area contributed by atoms with Crippen LogP contribution in [0.2, 0.25) is 5.02 Å². The van der Waals surface area contributed by atoms with Crippen LogP contribution in [0.4, 0.5) is 17.2 Å². The molecular formula is C14H13ClIN3O2. The number of halogens is 2. The van der Waals surface area contributed by atoms with Gasteiger partial charge in [-0.25, -0.2) is 9.78 Å². The fourth-order valence-corrected chi connectivity index (χ4v) is 2.67. The first-order chi connectivity index (χ1) is 10.0. The monoisotopic (exact) mass is 417 g/mol. The number of rotatable bonds is 4. The van der Waals surface area contributed by atoms with E-state index >= 15 is 0 Å². The van der Waals surface area contributed by atoms with Crippen LogP contribution in [0.15, 0.2) is 30.5 Å². The van der Waals surface area contributed by atoms with Crippen LogP contribution in [-0.2, 0) is 4.74 Å². The third kappa shape index (κ3) is 3.98. The lowest BCUT2D eigenvalue weighted by Crippen LogP contribution is -2.10. The van der Waals surface area contributed by atoms with Gasteiger partial charge >= 0.3 is 5.97 Å². The van der Waals surface area contributed by atoms with Gasteiger partial charge in [-0.1, -0.05) is 11.6 Å². The van der Waals surface area contributed by atoms with Crippen LogP contribution in [0.1, 0.15) is 17.3 Å². The number of aromatic nitrogens is 1. The number of nitrogens with two attached hydrogens (primary N) is 1. The minimum Gasteiger partial charge on any atom is -0.462 e. The summed E-state index contributed by atoms with van der Waals surface area (Å²) >= 11 is 8.07. The first-order valence-corrected chi connectivity index (χ1v) is 7.61. The van der Waals surface area contributed by atoms with E-state index in [2.05, 4.69) is 32.9 Å². The Kier molecular flexibility index (Phi) is 5.24. The standard InChI is InChI=1S/C14H13ClIN3O2/c1-2-21-14(20)10-6-9(17)7-18-13(10)19-12-4-3-8(15)5-11(12)16/h3-7H,2,17H2,1H3,(H,18,19). The largest absolute Gasteiger partial charge is 0.462 e. The quantitative estimate of drug-likeness (QED) is 0.584. The van der Waals surface area contributed by atoms with Gasteiger partial charge < -0.3 is 15.8 Å². The zero-order chi connectivity index (χ0) is 15.4. The fraction of sp³-hybridized carbons (Fsp3) is 0.143. The van der Waals surface area contributed by atoms with Crippen molar-refractivity contribution in [3.63, 3.8) is 0 Å². The second-order valence-corrected chi connectivity index (χ2v) is 5.73. The molecule has 0 aliphatic rings. The number of hydrogen-bond donors (Lipinski definition) is 2. The molecule has 0 fully saturated rings. The van der Waals surface area contributed by atoms with Gasteiger partial charge in [0, 0.05) is 8.59 Å². The second kappa shape index (κ2) is 6.95. The molecule has 0 saturated heterocycles. The molecule has 0 atom stereocenters. The van der Waals surface area contributed by atoms with Crippen molar-refractivity contribution in [1.29, 1.82) is 0 Å². The van der Waals surface area contributed by atoms with Gasteiger partial charge in [-0.05, 0) is 53.8 Å². The van der Waals surface area contributed by atoms with Crippen LogP contribution in [-0.4, -0.2) is 17.6 Å². The summed E-state index contributed by atoms with van der Waals surface area (Å²) in [7, 11) is 0. The molecule has 0 unspecified atom stereocenters. The Bertz CT molecular complexity index is 679. The molecule has 1 aromatic heterocycles. The highest BCUT2D eigenvalue weighted by molar-refractivity contribution is 14.1. The van der Waals surface area contributed by atoms with Gasteiger partial charge in [0.25, 0.3) is 0 Å². The van der Waals surface area contributed by atoms with Crippen LogP contribution in [0.5, 0.6) is 0 Å². The Morgan fingerprint density at radius 1 is 1.48 bits per heavy atom. The van der Waals surface area contributed by atoms with E-state index in [0.29, 0.717) is 22.1 Å². The summed E-state index contributed by atoms with van der Waals surface area (Å²) < 4.78 is 5.92. The third-order valence-corrected chi connectivity index (χ3v) is 3.72. The Labute approximate surface area is 141 Å². The van der Waals surface area contributed by atoms with Gasteiger partial charge in [0.05, 0.1) is 24.2 Å². The molecular weight excluding hydrogens is 405 g/mol. The molecule has 110 valence electrons. The first-order valence-electron chi connectivity index (χ1n) is 6.16. The molecule has 0 bridgehead atoms. The third-order valence-electron chi connectivity index (χ3n) is 2.59. The molecule has 21 heavy (non-hydrogen) atoms. The zero-order valence-corrected chi connectivity index (χ0v) is 14.1. The average Bonchev–Trinajstić information content (AvgIpc) is 2.43. The van der Waals surface area contributed by atoms with Crippen molar-refractivity contribution in [2.75, 3.05) is 17.7 Å². The summed E-state index contributed by atoms with van der Waals surface area (Å²) in [5.74, 6) is -0.0772. The summed E-state index contributed by atoms with van der Waals surface area (Å²) in [6.07, 6.45) is 1.48. The molecule has 1 heterocycles. The Morgan fingerprint density at radius 2 is 2.24 bits per heavy atom. The number of nitrogen functional groups attached to an aromatic ring is 1. The fourth-order valence-electron chi connectivity index (χ4n) is 1.66. The van der Waals surface area contributed by atoms with Crippen molar-refractivity contribution >= 4 is 57.4 Å². The first kappa shape index (κ1) is 15.8. The van der Waals surface area contributed by atoms with E-state index in [0.717, 1.165) is 9.26 Å². The number of carbonyl (C=O) groups excluding carboxylic acids is 1. The maximum absolute atomic E-state index is 12.0. The van der Waals surface area contributed by atoms with Crippen molar-refractivity contribution < 1.29 is 9.53 Å². The second-order valence-electron chi connectivity index (χ2n) is 4.13. The van der Waals surface area contributed by atoms with Gasteiger partial charge in [0.15, 0.2) is 0 Å². The summed E-state index contributed by atoms with van der Waals surface area (Å²) in [6.45, 7) is 2.03. The van der Waals surface area contributed by atoms with Gasteiger partial charge in [0.2, 0.25) is 0 Å². The minimum atomic E-state index is -0.469. The molecule has 1 aromatic carbocycles. The minimum absolute atomic E-state index is 0.283. The Morgan fingerprint density at radius 3 is 2.90 bits per heavy atom. The number of carbonyl (C=O) groups is 1. The van der Waals surface area contributed by atoms with Crippen molar-refractivity contribution in [2.24, 2.45) is 0 Å². The van der Waals surface area contributed by atoms with E-state index in [1.54, 1.807) is 13.0 Å². The van der Waals surface area contributed by atoms with Gasteiger partial charge in [-0.3, -0.25) is 0 Å². The molecule has 0 spiro atoms. The number of anilines is 3. The highest BCUT2D eigenvalue weighted by Crippen LogP contribution is 2.27. The number of nitrogens with zero attached hydrogens (tertiary/aromatic N) is 1. The van der Waals surface area contributed by atoms with E-state index < -0.39 is 5.97 Å². The topological polar surface area (TPSA) is 77.2 Å². The lowest BCUT2D eigenvalue weighted by atomic mass is 10.2. The van der Waals surface area contributed by atoms with Crippen molar-refractivity contribution in [2.45, 2.75) is 6.92 Å². The molecule has 0 amide bonds. The van der Waals surface area contributed by atoms with Crippen LogP contribution in [0, 0.1) is 3.57 Å². The van der Waals surface area contributed by atoms with Crippen LogP contribution >= 0.6 is 34.2 Å². The molecule has 7 heteroatoms. The highest BCUT2D eigenvalue weighted by atomic mass is 127. The average molecular weight is 418 g/mol. The lowest BCUT2D eigenvalue weighted by Gasteiger charge is -2.12. The Hall–Kier alpha value is -1.54. The van der Waals surface area contributed by atoms with E-state index in [1.807, 2.05) is 12.1 Å². The van der Waals surface area contributed by atoms with E-state index in [1.165, 1.54) is 12.3 Å². The maximum atomic E-state index is 12.0. The van der Waals surface area contributed by atoms with Crippen LogP contribution < -0.4 is 11.1 Å². The molecule has 0 radical (unpaired) electrons. The number of pyridine rings is 1. The van der Waals surface area contributed by atoms with Crippen LogP contribution in [0.25, 0.3) is 0 Å². The SMILES string of the molecule is CCOC(=O)c1cc(N)cnc1Nc1ccc(Cl)cc1I. The van der Waals surface area contributed by atoms with Crippen molar-refractivity contribution in [3.8, 4) is 0 Å². The molecule has 0 aliphatic heterocycles. The normalized spacial score (nSPS) is 10.2. The molecule has 2 aromatic rings. The number of hydrogen-bond acceptors (Lipinski definition) is 5. The van der Waals surface area contributed by atoms with Crippen molar-refractivity contribution in [1.82, 2.24) is 4.98 Å². The highest BCUT2D eigenvalue weighted by Gasteiger charge is 2.15. The number of benzene rings is 1. The van der Waals surface area contributed by atoms with Crippen LogP contribution in [0.3, 0.4) is 0 Å². The number of esters is 1. The van der Waals surface area contributed by atoms with E-state index in [-0.39, 0.29) is 6.61 Å². The summed E-state index contributed by atoms with van der Waals surface area (Å²) in [5, 5.41) is 3.74. The smallest absolute Gasteiger partial charge is 0.341 e. The van der Waals surface area contributed by atoms with Gasteiger partial charge in [-0.2, -0.15) is 0 Å². The molecule has 5 nitrogen and oxygen atoms in total. The molecule has 2 rings (SSSR count). The molecule has 3 N–H and O–H groups in total. The summed E-state index contributed by atoms with van der Waals surface area (Å²) in [4.78, 5) is 16.1. The number of ether oxygens (including phenoxy) is 1. The summed E-state index contributed by atoms with van der Waals surface area (Å²) in [6, 6.07) is 6.92. The van der Waals surface area contributed by atoms with E-state index in [9.17, 15) is 4.79 Å². The molecule has 0 saturated carbocycles. The maximum Gasteiger partial charge on any atom is 0.341 e. The van der Waals surface area contributed by atoms with Crippen molar-refractivity contribution in [3.05, 3.63) is 44.6 Å². The van der Waals surface area contributed by atoms with E-state index in [4.69, 9.17) is 22.1 Å². The number of nitrogens with one attached hydrogen (secondary N) is 1.